The molecule has 0 spiro atoms. The minimum Gasteiger partial charge on any atom is -0.303 e. The van der Waals surface area contributed by atoms with Gasteiger partial charge in [-0.3, -0.25) is 0 Å². The summed E-state index contributed by atoms with van der Waals surface area (Å²) >= 11 is 4.45. The molecule has 1 nitrogen and oxygen atoms in total. The fourth-order valence-corrected chi connectivity index (χ4v) is 2.11. The van der Waals surface area contributed by atoms with Crippen LogP contribution in [0.15, 0.2) is 0 Å². The quantitative estimate of drug-likeness (QED) is 0.692. The summed E-state index contributed by atoms with van der Waals surface area (Å²) in [7, 11) is 2.22. The van der Waals surface area contributed by atoms with Gasteiger partial charge in [-0.15, -0.1) is 0 Å². The van der Waals surface area contributed by atoms with Crippen LogP contribution in [0.3, 0.4) is 0 Å². The molecule has 0 aromatic carbocycles. The van der Waals surface area contributed by atoms with E-state index < -0.39 is 0 Å². The van der Waals surface area contributed by atoms with Gasteiger partial charge in [-0.1, -0.05) is 27.7 Å². The van der Waals surface area contributed by atoms with Crippen molar-refractivity contribution in [1.29, 1.82) is 0 Å². The zero-order chi connectivity index (χ0) is 11.4. The van der Waals surface area contributed by atoms with Crippen molar-refractivity contribution in [3.05, 3.63) is 0 Å². The largest absolute Gasteiger partial charge is 0.303 e. The van der Waals surface area contributed by atoms with E-state index in [9.17, 15) is 0 Å². The molecule has 0 aromatic rings. The molecule has 86 valence electrons. The summed E-state index contributed by atoms with van der Waals surface area (Å²) < 4.78 is 0. The molecular weight excluding hydrogens is 190 g/mol. The highest BCUT2D eigenvalue weighted by molar-refractivity contribution is 7.80. The van der Waals surface area contributed by atoms with Crippen molar-refractivity contribution in [1.82, 2.24) is 4.90 Å². The van der Waals surface area contributed by atoms with Crippen molar-refractivity contribution >= 4 is 12.6 Å². The second-order valence-corrected chi connectivity index (χ2v) is 5.81. The first kappa shape index (κ1) is 14.3. The summed E-state index contributed by atoms with van der Waals surface area (Å²) in [4.78, 5) is 2.45. The Bertz CT molecular complexity index is 151. The second-order valence-electron chi connectivity index (χ2n) is 5.44. The fourth-order valence-electron chi connectivity index (χ4n) is 1.44. The van der Waals surface area contributed by atoms with Crippen LogP contribution in [0.4, 0.5) is 0 Å². The third-order valence-corrected chi connectivity index (χ3v) is 3.74. The summed E-state index contributed by atoms with van der Waals surface area (Å²) in [5.74, 6) is 1.65. The maximum atomic E-state index is 4.45. The highest BCUT2D eigenvalue weighted by Gasteiger charge is 2.25. The molecule has 0 bridgehead atoms. The fraction of sp³-hybridized carbons (Fsp3) is 1.00. The first-order valence-electron chi connectivity index (χ1n) is 5.64. The van der Waals surface area contributed by atoms with Gasteiger partial charge in [-0.25, -0.2) is 0 Å². The van der Waals surface area contributed by atoms with Crippen molar-refractivity contribution in [2.75, 3.05) is 19.3 Å². The van der Waals surface area contributed by atoms with Gasteiger partial charge in [0.15, 0.2) is 0 Å². The van der Waals surface area contributed by atoms with Gasteiger partial charge in [-0.2, -0.15) is 12.6 Å². The van der Waals surface area contributed by atoms with Crippen LogP contribution >= 0.6 is 12.6 Å². The Labute approximate surface area is 95.7 Å². The standard InChI is InChI=1S/C12H27NS/c1-7-10(2)13(6)8-11(9-14)12(3,4)5/h10-11,14H,7-9H2,1-6H3. The maximum Gasteiger partial charge on any atom is 0.00613 e. The van der Waals surface area contributed by atoms with Gasteiger partial charge >= 0.3 is 0 Å². The number of rotatable bonds is 5. The normalized spacial score (nSPS) is 17.1. The predicted octanol–water partition coefficient (Wildman–Crippen LogP) is 3.31. The first-order chi connectivity index (χ1) is 6.32. The molecule has 0 aliphatic heterocycles. The third-order valence-electron chi connectivity index (χ3n) is 3.30. The summed E-state index contributed by atoms with van der Waals surface area (Å²) in [6, 6.07) is 0.680. The van der Waals surface area contributed by atoms with Crippen molar-refractivity contribution in [2.24, 2.45) is 11.3 Å². The molecule has 0 saturated heterocycles. The van der Waals surface area contributed by atoms with E-state index in [0.29, 0.717) is 17.4 Å². The molecule has 2 atom stereocenters. The minimum absolute atomic E-state index is 0.365. The van der Waals surface area contributed by atoms with E-state index >= 15 is 0 Å². The molecule has 0 N–H and O–H groups in total. The van der Waals surface area contributed by atoms with E-state index in [4.69, 9.17) is 0 Å². The Hall–Kier alpha value is 0.310. The summed E-state index contributed by atoms with van der Waals surface area (Å²) in [5, 5.41) is 0. The highest BCUT2D eigenvalue weighted by Crippen LogP contribution is 2.27. The van der Waals surface area contributed by atoms with E-state index in [1.54, 1.807) is 0 Å². The number of thiol groups is 1. The number of hydrogen-bond acceptors (Lipinski definition) is 2. The van der Waals surface area contributed by atoms with E-state index in [1.165, 1.54) is 6.42 Å². The lowest BCUT2D eigenvalue weighted by atomic mass is 9.81. The topological polar surface area (TPSA) is 3.24 Å². The average molecular weight is 217 g/mol. The Kier molecular flexibility index (Phi) is 6.15. The van der Waals surface area contributed by atoms with Gasteiger partial charge in [-0.05, 0) is 37.5 Å². The summed E-state index contributed by atoms with van der Waals surface area (Å²) in [6.45, 7) is 12.6. The smallest absolute Gasteiger partial charge is 0.00613 e. The SMILES string of the molecule is CCC(C)N(C)CC(CS)C(C)(C)C. The molecule has 2 heteroatoms. The average Bonchev–Trinajstić information content (AvgIpc) is 2.10. The van der Waals surface area contributed by atoms with Crippen molar-refractivity contribution in [3.63, 3.8) is 0 Å². The zero-order valence-electron chi connectivity index (χ0n) is 10.7. The predicted molar refractivity (Wildman–Crippen MR) is 69.2 cm³/mol. The van der Waals surface area contributed by atoms with Crippen molar-refractivity contribution in [2.45, 2.75) is 47.1 Å². The Morgan fingerprint density at radius 3 is 2.07 bits per heavy atom. The van der Waals surface area contributed by atoms with Crippen LogP contribution in [0.2, 0.25) is 0 Å². The molecule has 2 unspecified atom stereocenters. The van der Waals surface area contributed by atoms with Gasteiger partial charge < -0.3 is 4.90 Å². The molecule has 0 radical (unpaired) electrons. The molecule has 0 saturated carbocycles. The lowest BCUT2D eigenvalue weighted by Gasteiger charge is -2.35. The van der Waals surface area contributed by atoms with Crippen LogP contribution < -0.4 is 0 Å². The highest BCUT2D eigenvalue weighted by atomic mass is 32.1. The van der Waals surface area contributed by atoms with Gasteiger partial charge in [0, 0.05) is 12.6 Å². The van der Waals surface area contributed by atoms with Crippen LogP contribution in [0.1, 0.15) is 41.0 Å². The first-order valence-corrected chi connectivity index (χ1v) is 6.27. The van der Waals surface area contributed by atoms with Gasteiger partial charge in [0.05, 0.1) is 0 Å². The van der Waals surface area contributed by atoms with Crippen LogP contribution in [0.25, 0.3) is 0 Å². The van der Waals surface area contributed by atoms with Crippen LogP contribution in [0.5, 0.6) is 0 Å². The molecule has 0 amide bonds. The molecule has 0 rings (SSSR count). The van der Waals surface area contributed by atoms with Crippen molar-refractivity contribution in [3.8, 4) is 0 Å². The second kappa shape index (κ2) is 6.02. The molecule has 14 heavy (non-hydrogen) atoms. The lowest BCUT2D eigenvalue weighted by Crippen LogP contribution is -2.38. The molecule has 0 fully saturated rings. The summed E-state index contributed by atoms with van der Waals surface area (Å²) in [5.41, 5.74) is 0.365. The third kappa shape index (κ3) is 4.70. The summed E-state index contributed by atoms with van der Waals surface area (Å²) in [6.07, 6.45) is 1.22. The molecule has 0 aromatic heterocycles. The maximum absolute atomic E-state index is 4.45. The van der Waals surface area contributed by atoms with Crippen LogP contribution in [-0.4, -0.2) is 30.3 Å². The Balaban J connectivity index is 4.19. The molecular formula is C12H27NS. The van der Waals surface area contributed by atoms with E-state index in [1.807, 2.05) is 0 Å². The monoisotopic (exact) mass is 217 g/mol. The molecule has 0 aliphatic rings. The van der Waals surface area contributed by atoms with Crippen molar-refractivity contribution < 1.29 is 0 Å². The Morgan fingerprint density at radius 1 is 1.29 bits per heavy atom. The lowest BCUT2D eigenvalue weighted by molar-refractivity contribution is 0.155. The number of hydrogen-bond donors (Lipinski definition) is 1. The van der Waals surface area contributed by atoms with Crippen LogP contribution in [0, 0.1) is 11.3 Å². The zero-order valence-corrected chi connectivity index (χ0v) is 11.6. The Morgan fingerprint density at radius 2 is 1.79 bits per heavy atom. The molecule has 0 aliphatic carbocycles. The van der Waals surface area contributed by atoms with E-state index in [2.05, 4.69) is 59.2 Å². The number of nitrogens with zero attached hydrogens (tertiary/aromatic N) is 1. The minimum atomic E-state index is 0.365. The molecule has 0 heterocycles. The van der Waals surface area contributed by atoms with E-state index in [0.717, 1.165) is 12.3 Å². The van der Waals surface area contributed by atoms with E-state index in [-0.39, 0.29) is 0 Å². The van der Waals surface area contributed by atoms with Gasteiger partial charge in [0.2, 0.25) is 0 Å². The van der Waals surface area contributed by atoms with Gasteiger partial charge in [0.25, 0.3) is 0 Å². The van der Waals surface area contributed by atoms with Crippen LogP contribution in [-0.2, 0) is 0 Å². The van der Waals surface area contributed by atoms with Gasteiger partial charge in [0.1, 0.15) is 0 Å².